The Balaban J connectivity index is 1.28. The van der Waals surface area contributed by atoms with Crippen molar-refractivity contribution in [3.63, 3.8) is 0 Å². The first-order valence-electron chi connectivity index (χ1n) is 15.6. The van der Waals surface area contributed by atoms with Crippen LogP contribution in [0.5, 0.6) is 0 Å². The molecule has 1 aliphatic rings. The van der Waals surface area contributed by atoms with E-state index in [1.54, 1.807) is 36.0 Å². The van der Waals surface area contributed by atoms with Crippen LogP contribution >= 0.6 is 11.8 Å². The number of thioether (sulfide) groups is 1. The smallest absolute Gasteiger partial charge is 0.414 e. The van der Waals surface area contributed by atoms with E-state index < -0.39 is 18.2 Å². The summed E-state index contributed by atoms with van der Waals surface area (Å²) in [5.74, 6) is 0.244. The molecule has 0 spiro atoms. The number of aryl methyl sites for hydroxylation is 1. The number of methoxy groups -OCH3 is 1. The van der Waals surface area contributed by atoms with Gasteiger partial charge in [-0.25, -0.2) is 9.59 Å². The van der Waals surface area contributed by atoms with Gasteiger partial charge in [0.2, 0.25) is 5.91 Å². The van der Waals surface area contributed by atoms with E-state index in [4.69, 9.17) is 9.47 Å². The molecule has 1 fully saturated rings. The van der Waals surface area contributed by atoms with Crippen molar-refractivity contribution >= 4 is 41.2 Å². The number of carboxylic acid groups (broad SMARTS) is 1. The Morgan fingerprint density at radius 3 is 2.26 bits per heavy atom. The van der Waals surface area contributed by atoms with Gasteiger partial charge in [0.25, 0.3) is 0 Å². The highest BCUT2D eigenvalue weighted by Crippen LogP contribution is 2.27. The Morgan fingerprint density at radius 2 is 1.57 bits per heavy atom. The molecular formula is C37H39N3O6S. The minimum Gasteiger partial charge on any atom is -0.465 e. The van der Waals surface area contributed by atoms with Crippen LogP contribution in [0.4, 0.5) is 21.0 Å². The monoisotopic (exact) mass is 653 g/mol. The third-order valence-electron chi connectivity index (χ3n) is 8.10. The molecule has 5 rings (SSSR count). The molecule has 1 aliphatic heterocycles. The highest BCUT2D eigenvalue weighted by Gasteiger charge is 2.34. The normalized spacial score (nSPS) is 16.6. The zero-order chi connectivity index (χ0) is 33.0. The molecule has 3 amide bonds. The second-order valence-corrected chi connectivity index (χ2v) is 12.3. The zero-order valence-electron chi connectivity index (χ0n) is 26.2. The summed E-state index contributed by atoms with van der Waals surface area (Å²) >= 11 is 1.62. The van der Waals surface area contributed by atoms with Gasteiger partial charge in [-0.3, -0.25) is 14.6 Å². The third-order valence-corrected chi connectivity index (χ3v) is 9.26. The average Bonchev–Trinajstić information content (AvgIpc) is 3.11. The molecule has 0 unspecified atom stereocenters. The molecule has 1 saturated heterocycles. The van der Waals surface area contributed by atoms with Gasteiger partial charge < -0.3 is 19.9 Å². The van der Waals surface area contributed by atoms with Gasteiger partial charge in [0.15, 0.2) is 0 Å². The van der Waals surface area contributed by atoms with Crippen molar-refractivity contribution in [2.75, 3.05) is 36.2 Å². The summed E-state index contributed by atoms with van der Waals surface area (Å²) in [4.78, 5) is 43.3. The number of para-hydroxylation sites is 2. The first-order chi connectivity index (χ1) is 22.9. The standard InChI is InChI=1S/C37H39N3O6S/c1-45-37(44)40(29-16-7-3-8-17-29)34(23-27-13-5-2-6-14-27)35(41)38-33-20-12-11-15-28(33)21-22-31-24-39(36(42)43)30(25-46-31)26-47-32-18-9-4-10-19-32/h2-20,30-31,34H,21-26H2,1H3,(H,38,41)(H,42,43)/t30-,31+,34-/m0/s1. The lowest BCUT2D eigenvalue weighted by atomic mass is 10.0. The van der Waals surface area contributed by atoms with Gasteiger partial charge in [-0.2, -0.15) is 0 Å². The van der Waals surface area contributed by atoms with E-state index in [-0.39, 0.29) is 31.0 Å². The highest BCUT2D eigenvalue weighted by atomic mass is 32.2. The molecule has 3 atom stereocenters. The SMILES string of the molecule is COC(=O)N(c1ccccc1)[C@@H](Cc1ccccc1)C(=O)Nc1ccccc1CC[C@@H]1CN(C(=O)O)[C@H](CSc2ccccc2)CO1. The number of morpholine rings is 1. The maximum absolute atomic E-state index is 14.1. The minimum atomic E-state index is -0.956. The number of hydrogen-bond donors (Lipinski definition) is 2. The number of benzene rings is 4. The molecule has 9 nitrogen and oxygen atoms in total. The van der Waals surface area contributed by atoms with Crippen molar-refractivity contribution < 1.29 is 29.0 Å². The molecule has 0 bridgehead atoms. The number of nitrogens with one attached hydrogen (secondary N) is 1. The molecule has 0 aromatic heterocycles. The van der Waals surface area contributed by atoms with E-state index in [0.717, 1.165) is 16.0 Å². The number of rotatable bonds is 12. The lowest BCUT2D eigenvalue weighted by Gasteiger charge is -2.38. The van der Waals surface area contributed by atoms with Crippen molar-refractivity contribution in [2.45, 2.75) is 42.3 Å². The van der Waals surface area contributed by atoms with Crippen LogP contribution in [0.2, 0.25) is 0 Å². The third kappa shape index (κ3) is 9.15. The van der Waals surface area contributed by atoms with Gasteiger partial charge in [-0.15, -0.1) is 11.8 Å². The van der Waals surface area contributed by atoms with E-state index in [1.165, 1.54) is 16.9 Å². The molecule has 0 aliphatic carbocycles. The summed E-state index contributed by atoms with van der Waals surface area (Å²) in [6.07, 6.45) is -0.488. The minimum absolute atomic E-state index is 0.246. The molecule has 4 aromatic rings. The lowest BCUT2D eigenvalue weighted by Crippen LogP contribution is -2.53. The first kappa shape index (κ1) is 33.6. The quantitative estimate of drug-likeness (QED) is 0.159. The van der Waals surface area contributed by atoms with Gasteiger partial charge in [-0.1, -0.05) is 84.9 Å². The van der Waals surface area contributed by atoms with Gasteiger partial charge in [0.05, 0.1) is 32.4 Å². The highest BCUT2D eigenvalue weighted by molar-refractivity contribution is 7.99. The fourth-order valence-corrected chi connectivity index (χ4v) is 6.66. The topological polar surface area (TPSA) is 108 Å². The van der Waals surface area contributed by atoms with Crippen LogP contribution in [0.15, 0.2) is 120 Å². The number of nitrogens with zero attached hydrogens (tertiary/aromatic N) is 2. The second kappa shape index (κ2) is 16.7. The largest absolute Gasteiger partial charge is 0.465 e. The number of anilines is 2. The lowest BCUT2D eigenvalue weighted by molar-refractivity contribution is -0.117. The summed E-state index contributed by atoms with van der Waals surface area (Å²) < 4.78 is 11.3. The molecule has 4 aromatic carbocycles. The summed E-state index contributed by atoms with van der Waals surface area (Å²) in [5.41, 5.74) is 2.94. The van der Waals surface area contributed by atoms with Crippen molar-refractivity contribution in [1.82, 2.24) is 4.90 Å². The average molecular weight is 654 g/mol. The molecule has 244 valence electrons. The Kier molecular flexibility index (Phi) is 11.9. The Hall–Kier alpha value is -4.80. The van der Waals surface area contributed by atoms with Gasteiger partial charge in [0.1, 0.15) is 6.04 Å². The van der Waals surface area contributed by atoms with Crippen LogP contribution in [0, 0.1) is 0 Å². The first-order valence-corrected chi connectivity index (χ1v) is 16.6. The number of hydrogen-bond acceptors (Lipinski definition) is 6. The Morgan fingerprint density at radius 1 is 0.936 bits per heavy atom. The zero-order valence-corrected chi connectivity index (χ0v) is 27.1. The number of ether oxygens (including phenoxy) is 2. The van der Waals surface area contributed by atoms with Crippen LogP contribution < -0.4 is 10.2 Å². The Bertz CT molecular complexity index is 1610. The molecule has 1 heterocycles. The maximum atomic E-state index is 14.1. The summed E-state index contributed by atoms with van der Waals surface area (Å²) in [6, 6.07) is 34.8. The maximum Gasteiger partial charge on any atom is 0.414 e. The predicted molar refractivity (Wildman–Crippen MR) is 184 cm³/mol. The van der Waals surface area contributed by atoms with Crippen LogP contribution in [0.3, 0.4) is 0 Å². The van der Waals surface area contributed by atoms with Gasteiger partial charge in [-0.05, 0) is 54.3 Å². The van der Waals surface area contributed by atoms with Crippen LogP contribution in [-0.4, -0.2) is 72.3 Å². The molecule has 10 heteroatoms. The van der Waals surface area contributed by atoms with E-state index in [9.17, 15) is 19.5 Å². The van der Waals surface area contributed by atoms with Crippen molar-refractivity contribution in [3.05, 3.63) is 126 Å². The summed E-state index contributed by atoms with van der Waals surface area (Å²) in [6.45, 7) is 0.591. The Labute approximate surface area is 279 Å². The van der Waals surface area contributed by atoms with Crippen LogP contribution in [-0.2, 0) is 27.1 Å². The summed E-state index contributed by atoms with van der Waals surface area (Å²) in [5, 5.41) is 13.0. The number of carbonyl (C=O) groups is 3. The predicted octanol–water partition coefficient (Wildman–Crippen LogP) is 6.98. The van der Waals surface area contributed by atoms with Crippen molar-refractivity contribution in [1.29, 1.82) is 0 Å². The van der Waals surface area contributed by atoms with E-state index in [0.29, 0.717) is 36.6 Å². The van der Waals surface area contributed by atoms with Gasteiger partial charge >= 0.3 is 12.2 Å². The van der Waals surface area contributed by atoms with Crippen LogP contribution in [0.25, 0.3) is 0 Å². The van der Waals surface area contributed by atoms with E-state index in [2.05, 4.69) is 5.32 Å². The van der Waals surface area contributed by atoms with E-state index in [1.807, 2.05) is 91.0 Å². The van der Waals surface area contributed by atoms with Crippen molar-refractivity contribution in [2.24, 2.45) is 0 Å². The summed E-state index contributed by atoms with van der Waals surface area (Å²) in [7, 11) is 1.30. The number of carbonyl (C=O) groups excluding carboxylic acids is 2. The second-order valence-electron chi connectivity index (χ2n) is 11.2. The molecule has 0 saturated carbocycles. The van der Waals surface area contributed by atoms with E-state index >= 15 is 0 Å². The van der Waals surface area contributed by atoms with Gasteiger partial charge in [0, 0.05) is 28.4 Å². The molecule has 0 radical (unpaired) electrons. The number of amides is 3. The molecule has 47 heavy (non-hydrogen) atoms. The molecule has 2 N–H and O–H groups in total. The van der Waals surface area contributed by atoms with Crippen LogP contribution in [0.1, 0.15) is 17.5 Å². The fraction of sp³-hybridized carbons (Fsp3) is 0.270. The van der Waals surface area contributed by atoms with Crippen molar-refractivity contribution in [3.8, 4) is 0 Å². The fourth-order valence-electron chi connectivity index (χ4n) is 5.65. The molecular weight excluding hydrogens is 614 g/mol.